The average Bonchev–Trinajstić information content (AvgIpc) is 2.19. The van der Waals surface area contributed by atoms with Gasteiger partial charge in [-0.1, -0.05) is 12.5 Å². The number of hydrogen-bond donors (Lipinski definition) is 0. The number of piperidine rings is 1. The summed E-state index contributed by atoms with van der Waals surface area (Å²) in [6.45, 7) is 3.19. The Bertz CT molecular complexity index is 183. The maximum Gasteiger partial charge on any atom is 0.330 e. The molecule has 13 heavy (non-hydrogen) atoms. The Labute approximate surface area is 79.4 Å². The van der Waals surface area contributed by atoms with Crippen LogP contribution in [0.3, 0.4) is 0 Å². The molecule has 1 heterocycles. The fourth-order valence-electron chi connectivity index (χ4n) is 1.51. The maximum atomic E-state index is 10.7. The van der Waals surface area contributed by atoms with Crippen LogP contribution in [0.25, 0.3) is 0 Å². The Hall–Kier alpha value is -0.830. The fourth-order valence-corrected chi connectivity index (χ4v) is 1.51. The molecule has 0 atom stereocenters. The molecular weight excluding hydrogens is 166 g/mol. The van der Waals surface area contributed by atoms with Gasteiger partial charge in [0.1, 0.15) is 0 Å². The van der Waals surface area contributed by atoms with Gasteiger partial charge in [-0.3, -0.25) is 4.90 Å². The fraction of sp³-hybridized carbons (Fsp3) is 0.700. The lowest BCUT2D eigenvalue weighted by molar-refractivity contribution is -0.134. The summed E-state index contributed by atoms with van der Waals surface area (Å²) in [4.78, 5) is 13.1. The lowest BCUT2D eigenvalue weighted by Gasteiger charge is -2.24. The lowest BCUT2D eigenvalue weighted by Crippen LogP contribution is -2.29. The Balaban J connectivity index is 2.16. The van der Waals surface area contributed by atoms with Crippen molar-refractivity contribution in [3.05, 3.63) is 12.2 Å². The predicted molar refractivity (Wildman–Crippen MR) is 51.4 cm³/mol. The van der Waals surface area contributed by atoms with E-state index in [-0.39, 0.29) is 5.97 Å². The van der Waals surface area contributed by atoms with Crippen LogP contribution >= 0.6 is 0 Å². The van der Waals surface area contributed by atoms with Crippen molar-refractivity contribution in [2.75, 3.05) is 26.7 Å². The minimum absolute atomic E-state index is 0.267. The number of methoxy groups -OCH3 is 1. The predicted octanol–water partition coefficient (Wildman–Crippen LogP) is 1.20. The molecule has 0 aliphatic carbocycles. The quantitative estimate of drug-likeness (QED) is 0.486. The van der Waals surface area contributed by atoms with Gasteiger partial charge in [-0.2, -0.15) is 0 Å². The third kappa shape index (κ3) is 4.08. The van der Waals surface area contributed by atoms with Crippen LogP contribution in [-0.4, -0.2) is 37.6 Å². The molecule has 74 valence electrons. The molecule has 0 amide bonds. The van der Waals surface area contributed by atoms with Gasteiger partial charge in [-0.25, -0.2) is 4.79 Å². The molecule has 0 saturated carbocycles. The summed E-state index contributed by atoms with van der Waals surface area (Å²) in [6.07, 6.45) is 7.28. The highest BCUT2D eigenvalue weighted by atomic mass is 16.5. The van der Waals surface area contributed by atoms with Crippen LogP contribution in [0.5, 0.6) is 0 Å². The third-order valence-electron chi connectivity index (χ3n) is 2.27. The summed E-state index contributed by atoms with van der Waals surface area (Å²) in [5.74, 6) is -0.267. The number of esters is 1. The largest absolute Gasteiger partial charge is 0.466 e. The van der Waals surface area contributed by atoms with E-state index in [1.165, 1.54) is 32.4 Å². The standard InChI is InChI=1S/C10H17NO2/c1-13-10(12)6-5-9-11-7-3-2-4-8-11/h5-6H,2-4,7-9H2,1H3. The van der Waals surface area contributed by atoms with Crippen LogP contribution in [-0.2, 0) is 9.53 Å². The number of carbonyl (C=O) groups is 1. The number of ether oxygens (including phenoxy) is 1. The van der Waals surface area contributed by atoms with E-state index in [2.05, 4.69) is 9.64 Å². The highest BCUT2D eigenvalue weighted by Crippen LogP contribution is 2.07. The molecule has 0 spiro atoms. The molecule has 0 N–H and O–H groups in total. The van der Waals surface area contributed by atoms with E-state index in [1.54, 1.807) is 0 Å². The molecule has 0 aromatic rings. The van der Waals surface area contributed by atoms with Crippen LogP contribution in [0.15, 0.2) is 12.2 Å². The van der Waals surface area contributed by atoms with E-state index in [1.807, 2.05) is 6.08 Å². The van der Waals surface area contributed by atoms with Gasteiger partial charge < -0.3 is 4.74 Å². The first kappa shape index (κ1) is 10.3. The molecule has 3 nitrogen and oxygen atoms in total. The van der Waals surface area contributed by atoms with E-state index in [0.29, 0.717) is 0 Å². The zero-order valence-electron chi connectivity index (χ0n) is 8.16. The van der Waals surface area contributed by atoms with Crippen molar-refractivity contribution >= 4 is 5.97 Å². The van der Waals surface area contributed by atoms with Crippen molar-refractivity contribution in [2.24, 2.45) is 0 Å². The SMILES string of the molecule is COC(=O)C=CCN1CCCCC1. The summed E-state index contributed by atoms with van der Waals surface area (Å²) in [6, 6.07) is 0. The van der Waals surface area contributed by atoms with E-state index < -0.39 is 0 Å². The van der Waals surface area contributed by atoms with Crippen LogP contribution in [0, 0.1) is 0 Å². The van der Waals surface area contributed by atoms with Crippen molar-refractivity contribution in [3.63, 3.8) is 0 Å². The summed E-state index contributed by atoms with van der Waals surface area (Å²) >= 11 is 0. The van der Waals surface area contributed by atoms with Gasteiger partial charge in [0.15, 0.2) is 0 Å². The third-order valence-corrected chi connectivity index (χ3v) is 2.27. The van der Waals surface area contributed by atoms with Crippen LogP contribution in [0.1, 0.15) is 19.3 Å². The molecule has 1 rings (SSSR count). The molecule has 1 aliphatic heterocycles. The molecule has 0 radical (unpaired) electrons. The van der Waals surface area contributed by atoms with Crippen molar-refractivity contribution in [2.45, 2.75) is 19.3 Å². The minimum Gasteiger partial charge on any atom is -0.466 e. The van der Waals surface area contributed by atoms with Gasteiger partial charge in [0.05, 0.1) is 7.11 Å². The van der Waals surface area contributed by atoms with Gasteiger partial charge >= 0.3 is 5.97 Å². The van der Waals surface area contributed by atoms with E-state index in [0.717, 1.165) is 19.6 Å². The summed E-state index contributed by atoms with van der Waals surface area (Å²) in [5, 5.41) is 0. The number of rotatable bonds is 3. The Morgan fingerprint density at radius 2 is 2.08 bits per heavy atom. The Morgan fingerprint density at radius 1 is 1.38 bits per heavy atom. The van der Waals surface area contributed by atoms with Crippen molar-refractivity contribution < 1.29 is 9.53 Å². The summed E-state index contributed by atoms with van der Waals surface area (Å²) < 4.78 is 4.50. The minimum atomic E-state index is -0.267. The molecule has 1 saturated heterocycles. The Kier molecular flexibility index (Phi) is 4.54. The highest BCUT2D eigenvalue weighted by molar-refractivity contribution is 5.81. The zero-order valence-corrected chi connectivity index (χ0v) is 8.16. The molecule has 0 aromatic heterocycles. The summed E-state index contributed by atoms with van der Waals surface area (Å²) in [7, 11) is 1.40. The molecular formula is C10H17NO2. The number of nitrogens with zero attached hydrogens (tertiary/aromatic N) is 1. The monoisotopic (exact) mass is 183 g/mol. The number of carbonyl (C=O) groups excluding carboxylic acids is 1. The first-order valence-electron chi connectivity index (χ1n) is 4.80. The van der Waals surface area contributed by atoms with Crippen LogP contribution < -0.4 is 0 Å². The van der Waals surface area contributed by atoms with E-state index in [4.69, 9.17) is 0 Å². The summed E-state index contributed by atoms with van der Waals surface area (Å²) in [5.41, 5.74) is 0. The average molecular weight is 183 g/mol. The van der Waals surface area contributed by atoms with Gasteiger partial charge in [-0.05, 0) is 25.9 Å². The van der Waals surface area contributed by atoms with E-state index >= 15 is 0 Å². The molecule has 3 heteroatoms. The Morgan fingerprint density at radius 3 is 2.69 bits per heavy atom. The van der Waals surface area contributed by atoms with Gasteiger partial charge in [0.25, 0.3) is 0 Å². The topological polar surface area (TPSA) is 29.5 Å². The second-order valence-corrected chi connectivity index (χ2v) is 3.29. The van der Waals surface area contributed by atoms with Gasteiger partial charge in [-0.15, -0.1) is 0 Å². The van der Waals surface area contributed by atoms with Crippen molar-refractivity contribution in [1.82, 2.24) is 4.90 Å². The smallest absolute Gasteiger partial charge is 0.330 e. The van der Waals surface area contributed by atoms with Gasteiger partial charge in [0, 0.05) is 12.6 Å². The molecule has 0 aromatic carbocycles. The molecule has 1 aliphatic rings. The second-order valence-electron chi connectivity index (χ2n) is 3.29. The number of likely N-dealkylation sites (tertiary alicyclic amines) is 1. The van der Waals surface area contributed by atoms with E-state index in [9.17, 15) is 4.79 Å². The first-order valence-corrected chi connectivity index (χ1v) is 4.80. The van der Waals surface area contributed by atoms with Gasteiger partial charge in [0.2, 0.25) is 0 Å². The second kappa shape index (κ2) is 5.75. The highest BCUT2D eigenvalue weighted by Gasteiger charge is 2.07. The molecule has 0 bridgehead atoms. The van der Waals surface area contributed by atoms with Crippen LogP contribution in [0.2, 0.25) is 0 Å². The maximum absolute atomic E-state index is 10.7. The van der Waals surface area contributed by atoms with Crippen LogP contribution in [0.4, 0.5) is 0 Å². The first-order chi connectivity index (χ1) is 6.33. The van der Waals surface area contributed by atoms with Crippen molar-refractivity contribution in [3.8, 4) is 0 Å². The molecule has 1 fully saturated rings. The number of hydrogen-bond acceptors (Lipinski definition) is 3. The normalized spacial score (nSPS) is 19.2. The molecule has 0 unspecified atom stereocenters. The zero-order chi connectivity index (χ0) is 9.52. The van der Waals surface area contributed by atoms with Crippen molar-refractivity contribution in [1.29, 1.82) is 0 Å². The lowest BCUT2D eigenvalue weighted by atomic mass is 10.1.